The molecule has 0 spiro atoms. The van der Waals surface area contributed by atoms with Gasteiger partial charge in [-0.3, -0.25) is 19.3 Å². The van der Waals surface area contributed by atoms with Crippen molar-refractivity contribution in [1.82, 2.24) is 0 Å². The van der Waals surface area contributed by atoms with Crippen LogP contribution in [0.4, 0.5) is 10.7 Å². The lowest BCUT2D eigenvalue weighted by Gasteiger charge is -2.15. The van der Waals surface area contributed by atoms with E-state index < -0.39 is 11.9 Å². The maximum absolute atomic E-state index is 13.0. The van der Waals surface area contributed by atoms with Crippen LogP contribution in [0, 0.1) is 0 Å². The summed E-state index contributed by atoms with van der Waals surface area (Å²) < 4.78 is 5.27. The van der Waals surface area contributed by atoms with Crippen LogP contribution in [0.1, 0.15) is 70.2 Å². The first-order valence-electron chi connectivity index (χ1n) is 10.6. The second kappa shape index (κ2) is 9.01. The van der Waals surface area contributed by atoms with Crippen molar-refractivity contribution in [3.63, 3.8) is 0 Å². The number of hydrogen-bond donors (Lipinski definition) is 1. The molecule has 0 atom stereocenters. The molecule has 3 amide bonds. The number of rotatable bonds is 5. The zero-order valence-electron chi connectivity index (χ0n) is 17.4. The molecule has 4 rings (SSSR count). The Morgan fingerprint density at radius 1 is 1.06 bits per heavy atom. The lowest BCUT2D eigenvalue weighted by molar-refractivity contribution is -0.121. The molecule has 1 aromatic carbocycles. The Balaban J connectivity index is 1.63. The summed E-state index contributed by atoms with van der Waals surface area (Å²) in [5.74, 6) is -1.36. The number of aryl methyl sites for hydroxylation is 1. The van der Waals surface area contributed by atoms with Crippen LogP contribution < -0.4 is 10.2 Å². The summed E-state index contributed by atoms with van der Waals surface area (Å²) in [6, 6.07) is 6.42. The minimum Gasteiger partial charge on any atom is -0.462 e. The third kappa shape index (κ3) is 4.25. The van der Waals surface area contributed by atoms with Gasteiger partial charge in [0.1, 0.15) is 5.00 Å². The third-order valence-electron chi connectivity index (χ3n) is 5.55. The summed E-state index contributed by atoms with van der Waals surface area (Å²) in [6.07, 6.45) is 5.22. The number of carbonyl (C=O) groups excluding carboxylic acids is 4. The van der Waals surface area contributed by atoms with Crippen LogP contribution in [0.5, 0.6) is 0 Å². The molecule has 1 fully saturated rings. The molecule has 0 saturated carbocycles. The number of fused-ring (bicyclic) bond motifs is 1. The Hall–Kier alpha value is -3.00. The fourth-order valence-corrected chi connectivity index (χ4v) is 5.35. The molecule has 31 heavy (non-hydrogen) atoms. The normalized spacial score (nSPS) is 16.1. The third-order valence-corrected chi connectivity index (χ3v) is 6.75. The van der Waals surface area contributed by atoms with Crippen LogP contribution in [0.15, 0.2) is 24.3 Å². The SMILES string of the molecule is CCOC(=O)c1c(NC(=O)c2cccc(N3C(=O)CCC3=O)c2)sc2c1CCCCC2. The van der Waals surface area contributed by atoms with E-state index in [0.29, 0.717) is 21.8 Å². The Bertz CT molecular complexity index is 1040. The number of thiophene rings is 1. The lowest BCUT2D eigenvalue weighted by atomic mass is 10.1. The molecule has 0 unspecified atom stereocenters. The lowest BCUT2D eigenvalue weighted by Crippen LogP contribution is -2.28. The Kier molecular flexibility index (Phi) is 6.18. The average Bonchev–Trinajstić information content (AvgIpc) is 3.17. The molecule has 1 aliphatic carbocycles. The van der Waals surface area contributed by atoms with E-state index in [1.165, 1.54) is 17.4 Å². The average molecular weight is 441 g/mol. The van der Waals surface area contributed by atoms with Crippen molar-refractivity contribution >= 4 is 45.7 Å². The number of esters is 1. The zero-order chi connectivity index (χ0) is 22.0. The molecule has 8 heteroatoms. The maximum atomic E-state index is 13.0. The summed E-state index contributed by atoms with van der Waals surface area (Å²) in [5, 5.41) is 3.37. The van der Waals surface area contributed by atoms with Gasteiger partial charge in [0.25, 0.3) is 5.91 Å². The van der Waals surface area contributed by atoms with Crippen LogP contribution >= 0.6 is 11.3 Å². The van der Waals surface area contributed by atoms with Gasteiger partial charge in [0, 0.05) is 23.3 Å². The van der Waals surface area contributed by atoms with Gasteiger partial charge in [-0.15, -0.1) is 11.3 Å². The van der Waals surface area contributed by atoms with Crippen LogP contribution in [0.25, 0.3) is 0 Å². The van der Waals surface area contributed by atoms with Gasteiger partial charge in [0.2, 0.25) is 11.8 Å². The van der Waals surface area contributed by atoms with E-state index in [9.17, 15) is 19.2 Å². The Labute approximate surface area is 184 Å². The molecule has 1 saturated heterocycles. The first kappa shape index (κ1) is 21.2. The largest absolute Gasteiger partial charge is 0.462 e. The van der Waals surface area contributed by atoms with E-state index in [4.69, 9.17) is 4.74 Å². The topological polar surface area (TPSA) is 92.8 Å². The standard InChI is InChI=1S/C23H24N2O5S/c1-2-30-23(29)20-16-9-4-3-5-10-17(16)31-22(20)24-21(28)14-7-6-8-15(13-14)25-18(26)11-12-19(25)27/h6-8,13H,2-5,9-12H2,1H3,(H,24,28). The molecule has 2 aliphatic rings. The van der Waals surface area contributed by atoms with Gasteiger partial charge in [-0.1, -0.05) is 12.5 Å². The van der Waals surface area contributed by atoms with Crippen LogP contribution in [0.2, 0.25) is 0 Å². The van der Waals surface area contributed by atoms with Gasteiger partial charge in [0.05, 0.1) is 17.9 Å². The predicted octanol–water partition coefficient (Wildman–Crippen LogP) is 4.10. The molecule has 162 valence electrons. The van der Waals surface area contributed by atoms with Crippen molar-refractivity contribution in [2.24, 2.45) is 0 Å². The van der Waals surface area contributed by atoms with Crippen LogP contribution in [-0.4, -0.2) is 30.3 Å². The molecule has 7 nitrogen and oxygen atoms in total. The van der Waals surface area contributed by atoms with Crippen LogP contribution in [-0.2, 0) is 27.2 Å². The fraction of sp³-hybridized carbons (Fsp3) is 0.391. The number of amides is 3. The molecular formula is C23H24N2O5S. The summed E-state index contributed by atoms with van der Waals surface area (Å²) in [5.41, 5.74) is 2.13. The quantitative estimate of drug-likeness (QED) is 0.429. The number of ether oxygens (including phenoxy) is 1. The monoisotopic (exact) mass is 440 g/mol. The first-order valence-corrected chi connectivity index (χ1v) is 11.4. The van der Waals surface area contributed by atoms with E-state index in [1.54, 1.807) is 25.1 Å². The van der Waals surface area contributed by atoms with E-state index >= 15 is 0 Å². The van der Waals surface area contributed by atoms with Crippen molar-refractivity contribution < 1.29 is 23.9 Å². The van der Waals surface area contributed by atoms with Gasteiger partial charge >= 0.3 is 5.97 Å². The first-order chi connectivity index (χ1) is 15.0. The second-order valence-corrected chi connectivity index (χ2v) is 8.72. The van der Waals surface area contributed by atoms with Crippen molar-refractivity contribution in [3.05, 3.63) is 45.8 Å². The highest BCUT2D eigenvalue weighted by molar-refractivity contribution is 7.17. The Morgan fingerprint density at radius 3 is 2.55 bits per heavy atom. The number of nitrogens with zero attached hydrogens (tertiary/aromatic N) is 1. The molecule has 0 bridgehead atoms. The summed E-state index contributed by atoms with van der Waals surface area (Å²) in [7, 11) is 0. The smallest absolute Gasteiger partial charge is 0.341 e. The summed E-state index contributed by atoms with van der Waals surface area (Å²) in [4.78, 5) is 52.0. The van der Waals surface area contributed by atoms with Gasteiger partial charge < -0.3 is 10.1 Å². The Morgan fingerprint density at radius 2 is 1.81 bits per heavy atom. The highest BCUT2D eigenvalue weighted by Gasteiger charge is 2.31. The molecule has 2 heterocycles. The number of nitrogens with one attached hydrogen (secondary N) is 1. The number of carbonyl (C=O) groups is 4. The van der Waals surface area contributed by atoms with E-state index in [-0.39, 0.29) is 31.3 Å². The highest BCUT2D eigenvalue weighted by atomic mass is 32.1. The van der Waals surface area contributed by atoms with Crippen molar-refractivity contribution in [2.75, 3.05) is 16.8 Å². The van der Waals surface area contributed by atoms with Gasteiger partial charge in [-0.2, -0.15) is 0 Å². The van der Waals surface area contributed by atoms with Gasteiger partial charge in [0.15, 0.2) is 0 Å². The summed E-state index contributed by atoms with van der Waals surface area (Å²) >= 11 is 1.43. The van der Waals surface area contributed by atoms with Crippen molar-refractivity contribution in [2.45, 2.75) is 51.9 Å². The van der Waals surface area contributed by atoms with Crippen molar-refractivity contribution in [3.8, 4) is 0 Å². The molecule has 1 aromatic heterocycles. The fourth-order valence-electron chi connectivity index (χ4n) is 4.08. The van der Waals surface area contributed by atoms with Gasteiger partial charge in [-0.25, -0.2) is 4.79 Å². The molecule has 0 radical (unpaired) electrons. The second-order valence-electron chi connectivity index (χ2n) is 7.62. The number of anilines is 2. The van der Waals surface area contributed by atoms with E-state index in [2.05, 4.69) is 5.32 Å². The van der Waals surface area contributed by atoms with E-state index in [0.717, 1.165) is 47.4 Å². The molecule has 1 aliphatic heterocycles. The predicted molar refractivity (Wildman–Crippen MR) is 118 cm³/mol. The molecular weight excluding hydrogens is 416 g/mol. The minimum atomic E-state index is -0.417. The number of imide groups is 1. The maximum Gasteiger partial charge on any atom is 0.341 e. The highest BCUT2D eigenvalue weighted by Crippen LogP contribution is 2.38. The minimum absolute atomic E-state index is 0.179. The molecule has 2 aromatic rings. The van der Waals surface area contributed by atoms with Crippen molar-refractivity contribution in [1.29, 1.82) is 0 Å². The summed E-state index contributed by atoms with van der Waals surface area (Å²) in [6.45, 7) is 2.02. The van der Waals surface area contributed by atoms with Gasteiger partial charge in [-0.05, 0) is 56.4 Å². The zero-order valence-corrected chi connectivity index (χ0v) is 18.2. The number of benzene rings is 1. The number of hydrogen-bond acceptors (Lipinski definition) is 6. The molecule has 1 N–H and O–H groups in total. The van der Waals surface area contributed by atoms with E-state index in [1.807, 2.05) is 0 Å². The van der Waals surface area contributed by atoms with Crippen LogP contribution in [0.3, 0.4) is 0 Å².